The van der Waals surface area contributed by atoms with E-state index < -0.39 is 0 Å². The van der Waals surface area contributed by atoms with Crippen LogP contribution in [0.25, 0.3) is 0 Å². The van der Waals surface area contributed by atoms with Crippen molar-refractivity contribution in [1.29, 1.82) is 0 Å². The minimum absolute atomic E-state index is 0.0694. The van der Waals surface area contributed by atoms with Gasteiger partial charge in [0.2, 0.25) is 0 Å². The third-order valence-corrected chi connectivity index (χ3v) is 3.74. The Bertz CT molecular complexity index is 232. The van der Waals surface area contributed by atoms with Gasteiger partial charge in [-0.3, -0.25) is 11.3 Å². The van der Waals surface area contributed by atoms with Crippen LogP contribution in [0.15, 0.2) is 12.2 Å². The number of hydrogen-bond donors (Lipinski definition) is 2. The van der Waals surface area contributed by atoms with Gasteiger partial charge < -0.3 is 4.74 Å². The smallest absolute Gasteiger partial charge is 0.0885 e. The van der Waals surface area contributed by atoms with Gasteiger partial charge in [0.15, 0.2) is 0 Å². The summed E-state index contributed by atoms with van der Waals surface area (Å²) in [5, 5.41) is 0. The van der Waals surface area contributed by atoms with E-state index in [4.69, 9.17) is 10.6 Å². The Morgan fingerprint density at radius 3 is 2.50 bits per heavy atom. The maximum Gasteiger partial charge on any atom is 0.0885 e. The van der Waals surface area contributed by atoms with Gasteiger partial charge in [-0.05, 0) is 45.4 Å². The predicted molar refractivity (Wildman–Crippen MR) is 67.9 cm³/mol. The fourth-order valence-electron chi connectivity index (χ4n) is 2.80. The first-order valence-electron chi connectivity index (χ1n) is 6.31. The van der Waals surface area contributed by atoms with Crippen LogP contribution in [0.2, 0.25) is 0 Å². The molecule has 1 rings (SSSR count). The Balaban J connectivity index is 2.82. The lowest BCUT2D eigenvalue weighted by Gasteiger charge is -2.44. The molecule has 94 valence electrons. The number of hydrogen-bond acceptors (Lipinski definition) is 3. The lowest BCUT2D eigenvalue weighted by atomic mass is 9.74. The summed E-state index contributed by atoms with van der Waals surface area (Å²) >= 11 is 0. The van der Waals surface area contributed by atoms with Crippen LogP contribution in [-0.2, 0) is 4.74 Å². The number of ether oxygens (including phenoxy) is 1. The Morgan fingerprint density at radius 2 is 2.12 bits per heavy atom. The fraction of sp³-hybridized carbons (Fsp3) is 0.846. The molecular weight excluding hydrogens is 200 g/mol. The van der Waals surface area contributed by atoms with E-state index >= 15 is 0 Å². The van der Waals surface area contributed by atoms with Crippen LogP contribution in [0.4, 0.5) is 0 Å². The van der Waals surface area contributed by atoms with Gasteiger partial charge >= 0.3 is 0 Å². The first-order chi connectivity index (χ1) is 7.55. The zero-order chi connectivity index (χ0) is 12.2. The summed E-state index contributed by atoms with van der Waals surface area (Å²) in [6.45, 7) is 11.1. The summed E-state index contributed by atoms with van der Waals surface area (Å²) in [5.41, 5.74) is 3.81. The van der Waals surface area contributed by atoms with E-state index in [0.717, 1.165) is 30.9 Å². The molecule has 0 radical (unpaired) electrons. The number of nitrogens with one attached hydrogen (secondary N) is 1. The van der Waals surface area contributed by atoms with Crippen LogP contribution in [0.1, 0.15) is 46.5 Å². The monoisotopic (exact) mass is 226 g/mol. The Labute approximate surface area is 99.4 Å². The zero-order valence-electron chi connectivity index (χ0n) is 10.9. The van der Waals surface area contributed by atoms with Crippen molar-refractivity contribution in [3.05, 3.63) is 12.2 Å². The van der Waals surface area contributed by atoms with Gasteiger partial charge in [-0.25, -0.2) is 0 Å². The molecule has 1 unspecified atom stereocenters. The molecule has 1 aliphatic carbocycles. The number of hydrazine groups is 1. The van der Waals surface area contributed by atoms with E-state index in [1.807, 2.05) is 13.8 Å². The largest absolute Gasteiger partial charge is 0.373 e. The van der Waals surface area contributed by atoms with Crippen LogP contribution < -0.4 is 11.3 Å². The molecule has 0 bridgehead atoms. The molecule has 3 heteroatoms. The van der Waals surface area contributed by atoms with Crippen molar-refractivity contribution in [2.75, 3.05) is 6.61 Å². The van der Waals surface area contributed by atoms with Gasteiger partial charge in [0.05, 0.1) is 11.6 Å². The molecule has 1 fully saturated rings. The maximum absolute atomic E-state index is 6.03. The van der Waals surface area contributed by atoms with Crippen LogP contribution in [-0.4, -0.2) is 18.2 Å². The molecule has 1 aliphatic rings. The van der Waals surface area contributed by atoms with Crippen molar-refractivity contribution in [3.63, 3.8) is 0 Å². The standard InChI is InChI=1S/C13H26N2O/c1-5-16-13(12(15-14)10(2)3)8-6-11(4)7-9-13/h11-12,15H,2,5-9,14H2,1,3-4H3. The molecule has 0 spiro atoms. The van der Waals surface area contributed by atoms with Crippen molar-refractivity contribution in [3.8, 4) is 0 Å². The molecule has 0 saturated heterocycles. The Morgan fingerprint density at radius 1 is 1.56 bits per heavy atom. The summed E-state index contributed by atoms with van der Waals surface area (Å²) in [5.74, 6) is 6.47. The van der Waals surface area contributed by atoms with Crippen molar-refractivity contribution in [1.82, 2.24) is 5.43 Å². The Hall–Kier alpha value is -0.380. The third kappa shape index (κ3) is 2.84. The van der Waals surface area contributed by atoms with Gasteiger partial charge in [0, 0.05) is 6.61 Å². The molecule has 1 atom stereocenters. The molecule has 1 saturated carbocycles. The van der Waals surface area contributed by atoms with Gasteiger partial charge in [0.25, 0.3) is 0 Å². The summed E-state index contributed by atoms with van der Waals surface area (Å²) in [7, 11) is 0. The van der Waals surface area contributed by atoms with Gasteiger partial charge in [-0.2, -0.15) is 0 Å². The molecule has 3 nitrogen and oxygen atoms in total. The van der Waals surface area contributed by atoms with E-state index in [9.17, 15) is 0 Å². The lowest BCUT2D eigenvalue weighted by Crippen LogP contribution is -2.56. The molecule has 3 N–H and O–H groups in total. The van der Waals surface area contributed by atoms with Crippen LogP contribution in [0.3, 0.4) is 0 Å². The van der Waals surface area contributed by atoms with Crippen molar-refractivity contribution < 1.29 is 4.74 Å². The second kappa shape index (κ2) is 5.80. The highest BCUT2D eigenvalue weighted by Gasteiger charge is 2.41. The SMILES string of the molecule is C=C(C)C(NN)C1(OCC)CCC(C)CC1. The van der Waals surface area contributed by atoms with Gasteiger partial charge in [0.1, 0.15) is 0 Å². The molecular formula is C13H26N2O. The fourth-order valence-corrected chi connectivity index (χ4v) is 2.80. The van der Waals surface area contributed by atoms with E-state index in [2.05, 4.69) is 18.9 Å². The lowest BCUT2D eigenvalue weighted by molar-refractivity contribution is -0.0884. The predicted octanol–water partition coefficient (Wildman–Crippen LogP) is 2.38. The van der Waals surface area contributed by atoms with Gasteiger partial charge in [-0.1, -0.05) is 19.1 Å². The second-order valence-electron chi connectivity index (χ2n) is 5.13. The summed E-state index contributed by atoms with van der Waals surface area (Å²) in [6.07, 6.45) is 4.57. The third-order valence-electron chi connectivity index (χ3n) is 3.74. The first-order valence-corrected chi connectivity index (χ1v) is 6.31. The molecule has 0 aliphatic heterocycles. The van der Waals surface area contributed by atoms with Gasteiger partial charge in [-0.15, -0.1) is 0 Å². The quantitative estimate of drug-likeness (QED) is 0.430. The topological polar surface area (TPSA) is 47.3 Å². The normalized spacial score (nSPS) is 32.4. The minimum atomic E-state index is -0.137. The van der Waals surface area contributed by atoms with Crippen molar-refractivity contribution in [2.24, 2.45) is 11.8 Å². The summed E-state index contributed by atoms with van der Waals surface area (Å²) < 4.78 is 6.03. The number of rotatable bonds is 5. The minimum Gasteiger partial charge on any atom is -0.373 e. The molecule has 0 heterocycles. The summed E-state index contributed by atoms with van der Waals surface area (Å²) in [4.78, 5) is 0. The molecule has 0 aromatic rings. The van der Waals surface area contributed by atoms with Crippen molar-refractivity contribution >= 4 is 0 Å². The van der Waals surface area contributed by atoms with Crippen LogP contribution in [0.5, 0.6) is 0 Å². The zero-order valence-corrected chi connectivity index (χ0v) is 10.9. The maximum atomic E-state index is 6.03. The average molecular weight is 226 g/mol. The molecule has 0 amide bonds. The van der Waals surface area contributed by atoms with E-state index in [1.165, 1.54) is 12.8 Å². The molecule has 0 aromatic heterocycles. The second-order valence-corrected chi connectivity index (χ2v) is 5.13. The van der Waals surface area contributed by atoms with Crippen LogP contribution in [0, 0.1) is 5.92 Å². The molecule has 0 aromatic carbocycles. The van der Waals surface area contributed by atoms with Crippen molar-refractivity contribution in [2.45, 2.75) is 58.1 Å². The van der Waals surface area contributed by atoms with E-state index in [1.54, 1.807) is 0 Å². The highest BCUT2D eigenvalue weighted by atomic mass is 16.5. The highest BCUT2D eigenvalue weighted by Crippen LogP contribution is 2.38. The first kappa shape index (κ1) is 13.7. The average Bonchev–Trinajstić information content (AvgIpc) is 2.23. The summed E-state index contributed by atoms with van der Waals surface area (Å²) in [6, 6.07) is 0.0694. The number of nitrogens with two attached hydrogens (primary N) is 1. The van der Waals surface area contributed by atoms with E-state index in [0.29, 0.717) is 0 Å². The van der Waals surface area contributed by atoms with E-state index in [-0.39, 0.29) is 11.6 Å². The molecule has 16 heavy (non-hydrogen) atoms. The highest BCUT2D eigenvalue weighted by molar-refractivity contribution is 5.12. The Kier molecular flexibility index (Phi) is 4.96. The van der Waals surface area contributed by atoms with Crippen LogP contribution >= 0.6 is 0 Å².